The zero-order valence-corrected chi connectivity index (χ0v) is 18.8. The summed E-state index contributed by atoms with van der Waals surface area (Å²) in [5.41, 5.74) is 2.17. The molecule has 31 heavy (non-hydrogen) atoms. The molecule has 170 valence electrons. The Kier molecular flexibility index (Phi) is 8.03. The number of benzene rings is 1. The third-order valence-electron chi connectivity index (χ3n) is 6.25. The van der Waals surface area contributed by atoms with E-state index < -0.39 is 6.04 Å². The number of piperazine rings is 1. The maximum absolute atomic E-state index is 13.1. The van der Waals surface area contributed by atoms with Crippen LogP contribution in [0.15, 0.2) is 24.3 Å². The molecule has 2 heterocycles. The monoisotopic (exact) mass is 430 g/mol. The van der Waals surface area contributed by atoms with Crippen LogP contribution in [0.2, 0.25) is 0 Å². The summed E-state index contributed by atoms with van der Waals surface area (Å²) in [4.78, 5) is 43.4. The minimum Gasteiger partial charge on any atom is -0.467 e. The van der Waals surface area contributed by atoms with Gasteiger partial charge in [0, 0.05) is 45.2 Å². The number of amides is 2. The molecule has 3 rings (SSSR count). The largest absolute Gasteiger partial charge is 0.467 e. The molecule has 1 aromatic carbocycles. The first-order chi connectivity index (χ1) is 14.9. The van der Waals surface area contributed by atoms with E-state index in [9.17, 15) is 14.4 Å². The lowest BCUT2D eigenvalue weighted by atomic mass is 9.94. The van der Waals surface area contributed by atoms with Gasteiger partial charge in [-0.15, -0.1) is 0 Å². The number of fused-ring (bicyclic) bond motifs is 1. The first kappa shape index (κ1) is 23.2. The summed E-state index contributed by atoms with van der Waals surface area (Å²) < 4.78 is 4.97. The molecule has 2 amide bonds. The van der Waals surface area contributed by atoms with E-state index in [4.69, 9.17) is 4.74 Å². The zero-order valence-electron chi connectivity index (χ0n) is 18.8. The van der Waals surface area contributed by atoms with E-state index in [1.54, 1.807) is 4.90 Å². The minimum absolute atomic E-state index is 0.0479. The molecule has 2 unspecified atom stereocenters. The molecular weight excluding hydrogens is 396 g/mol. The molecule has 0 aromatic heterocycles. The van der Waals surface area contributed by atoms with Crippen molar-refractivity contribution in [2.45, 2.75) is 45.3 Å². The van der Waals surface area contributed by atoms with Gasteiger partial charge in [0.05, 0.1) is 20.2 Å². The zero-order chi connectivity index (χ0) is 22.4. The quantitative estimate of drug-likeness (QED) is 0.640. The predicted molar refractivity (Wildman–Crippen MR) is 117 cm³/mol. The van der Waals surface area contributed by atoms with Crippen LogP contribution < -0.4 is 5.32 Å². The van der Waals surface area contributed by atoms with Crippen LogP contribution >= 0.6 is 0 Å². The van der Waals surface area contributed by atoms with E-state index in [1.165, 1.54) is 7.11 Å². The maximum Gasteiger partial charge on any atom is 0.328 e. The van der Waals surface area contributed by atoms with Crippen LogP contribution in [0.5, 0.6) is 0 Å². The Balaban J connectivity index is 1.54. The second-order valence-corrected chi connectivity index (χ2v) is 8.46. The summed E-state index contributed by atoms with van der Waals surface area (Å²) in [7, 11) is 1.36. The highest BCUT2D eigenvalue weighted by Crippen LogP contribution is 2.24. The molecule has 0 radical (unpaired) electrons. The van der Waals surface area contributed by atoms with E-state index in [0.717, 1.165) is 43.7 Å². The first-order valence-corrected chi connectivity index (χ1v) is 11.1. The third-order valence-corrected chi connectivity index (χ3v) is 6.25. The van der Waals surface area contributed by atoms with Crippen LogP contribution in [0, 0.1) is 0 Å². The second-order valence-electron chi connectivity index (χ2n) is 8.46. The summed E-state index contributed by atoms with van der Waals surface area (Å²) in [5, 5.41) is 2.99. The van der Waals surface area contributed by atoms with E-state index in [1.807, 2.05) is 38.1 Å². The van der Waals surface area contributed by atoms with Gasteiger partial charge < -0.3 is 15.0 Å². The lowest BCUT2D eigenvalue weighted by Crippen LogP contribution is -2.55. The molecule has 0 spiro atoms. The second kappa shape index (κ2) is 10.7. The van der Waals surface area contributed by atoms with Gasteiger partial charge >= 0.3 is 5.97 Å². The average Bonchev–Trinajstić information content (AvgIpc) is 2.78. The van der Waals surface area contributed by atoms with Crippen molar-refractivity contribution >= 4 is 17.8 Å². The molecule has 1 saturated heterocycles. The van der Waals surface area contributed by atoms with Crippen molar-refractivity contribution in [3.8, 4) is 0 Å². The Morgan fingerprint density at radius 1 is 1.06 bits per heavy atom. The number of carbonyl (C=O) groups excluding carboxylic acids is 3. The highest BCUT2D eigenvalue weighted by Gasteiger charge is 2.36. The molecule has 1 aromatic rings. The van der Waals surface area contributed by atoms with Gasteiger partial charge in [-0.05, 0) is 24.5 Å². The molecule has 1 N–H and O–H groups in total. The standard InChI is InChI=1S/C23H34N4O4/c1-4-17(2)24-21(28)15-25-9-11-26(12-10-25)16-22(29)27-14-19-8-6-5-7-18(19)13-20(27)23(30)31-3/h5-8,17,20H,4,9-16H2,1-3H3,(H,24,28). The predicted octanol–water partition coefficient (Wildman–Crippen LogP) is 0.645. The van der Waals surface area contributed by atoms with Crippen molar-refractivity contribution in [3.05, 3.63) is 35.4 Å². The lowest BCUT2D eigenvalue weighted by molar-refractivity contribution is -0.154. The van der Waals surface area contributed by atoms with Crippen molar-refractivity contribution in [2.75, 3.05) is 46.4 Å². The number of nitrogens with one attached hydrogen (secondary N) is 1. The average molecular weight is 431 g/mol. The third kappa shape index (κ3) is 6.04. The number of hydrogen-bond acceptors (Lipinski definition) is 6. The fourth-order valence-corrected chi connectivity index (χ4v) is 4.14. The van der Waals surface area contributed by atoms with Crippen molar-refractivity contribution in [3.63, 3.8) is 0 Å². The maximum atomic E-state index is 13.1. The van der Waals surface area contributed by atoms with E-state index in [2.05, 4.69) is 15.1 Å². The number of hydrogen-bond donors (Lipinski definition) is 1. The Labute approximate surface area is 184 Å². The van der Waals surface area contributed by atoms with Crippen LogP contribution in [0.3, 0.4) is 0 Å². The molecule has 1 fully saturated rings. The van der Waals surface area contributed by atoms with Gasteiger partial charge in [-0.1, -0.05) is 31.2 Å². The Hall–Kier alpha value is -2.45. The smallest absolute Gasteiger partial charge is 0.328 e. The van der Waals surface area contributed by atoms with Crippen LogP contribution in [0.4, 0.5) is 0 Å². The van der Waals surface area contributed by atoms with Gasteiger partial charge in [-0.3, -0.25) is 19.4 Å². The molecule has 0 aliphatic carbocycles. The lowest BCUT2D eigenvalue weighted by Gasteiger charge is -2.38. The highest BCUT2D eigenvalue weighted by molar-refractivity contribution is 5.86. The molecule has 0 saturated carbocycles. The fraction of sp³-hybridized carbons (Fsp3) is 0.609. The van der Waals surface area contributed by atoms with Gasteiger partial charge in [-0.25, -0.2) is 4.79 Å². The molecule has 8 heteroatoms. The number of carbonyl (C=O) groups is 3. The van der Waals surface area contributed by atoms with Gasteiger partial charge in [-0.2, -0.15) is 0 Å². The molecule has 2 aliphatic heterocycles. The van der Waals surface area contributed by atoms with Crippen molar-refractivity contribution < 1.29 is 19.1 Å². The van der Waals surface area contributed by atoms with Crippen LogP contribution in [0.1, 0.15) is 31.4 Å². The van der Waals surface area contributed by atoms with Crippen molar-refractivity contribution in [1.29, 1.82) is 0 Å². The number of nitrogens with zero attached hydrogens (tertiary/aromatic N) is 3. The summed E-state index contributed by atoms with van der Waals surface area (Å²) >= 11 is 0. The van der Waals surface area contributed by atoms with Gasteiger partial charge in [0.1, 0.15) is 6.04 Å². The van der Waals surface area contributed by atoms with E-state index in [-0.39, 0.29) is 30.4 Å². The molecule has 2 aliphatic rings. The fourth-order valence-electron chi connectivity index (χ4n) is 4.14. The van der Waals surface area contributed by atoms with Gasteiger partial charge in [0.15, 0.2) is 0 Å². The summed E-state index contributed by atoms with van der Waals surface area (Å²) in [5.74, 6) is -0.389. The van der Waals surface area contributed by atoms with Crippen LogP contribution in [-0.2, 0) is 32.1 Å². The minimum atomic E-state index is -0.585. The number of methoxy groups -OCH3 is 1. The first-order valence-electron chi connectivity index (χ1n) is 11.1. The Morgan fingerprint density at radius 2 is 1.68 bits per heavy atom. The number of rotatable bonds is 7. The summed E-state index contributed by atoms with van der Waals surface area (Å²) in [6, 6.07) is 7.52. The van der Waals surface area contributed by atoms with Crippen LogP contribution in [0.25, 0.3) is 0 Å². The normalized spacial score (nSPS) is 20.6. The van der Waals surface area contributed by atoms with Gasteiger partial charge in [0.2, 0.25) is 11.8 Å². The van der Waals surface area contributed by atoms with Gasteiger partial charge in [0.25, 0.3) is 0 Å². The molecule has 0 bridgehead atoms. The Bertz CT molecular complexity index is 792. The SMILES string of the molecule is CCC(C)NC(=O)CN1CCN(CC(=O)N2Cc3ccccc3CC2C(=O)OC)CC1. The summed E-state index contributed by atoms with van der Waals surface area (Å²) in [6.45, 7) is 8.04. The van der Waals surface area contributed by atoms with Crippen molar-refractivity contribution in [2.24, 2.45) is 0 Å². The molecule has 8 nitrogen and oxygen atoms in total. The summed E-state index contributed by atoms with van der Waals surface area (Å²) in [6.07, 6.45) is 1.39. The highest BCUT2D eigenvalue weighted by atomic mass is 16.5. The van der Waals surface area contributed by atoms with E-state index in [0.29, 0.717) is 19.5 Å². The number of ether oxygens (including phenoxy) is 1. The van der Waals surface area contributed by atoms with Crippen LogP contribution in [-0.4, -0.2) is 90.9 Å². The topological polar surface area (TPSA) is 82.2 Å². The molecular formula is C23H34N4O4. The molecule has 2 atom stereocenters. The van der Waals surface area contributed by atoms with E-state index >= 15 is 0 Å². The Morgan fingerprint density at radius 3 is 2.29 bits per heavy atom. The number of esters is 1. The van der Waals surface area contributed by atoms with Crippen molar-refractivity contribution in [1.82, 2.24) is 20.0 Å².